The van der Waals surface area contributed by atoms with E-state index in [0.717, 1.165) is 40.8 Å². The van der Waals surface area contributed by atoms with Crippen LogP contribution in [0.3, 0.4) is 0 Å². The topological polar surface area (TPSA) is 75.8 Å². The van der Waals surface area contributed by atoms with Gasteiger partial charge < -0.3 is 0 Å². The van der Waals surface area contributed by atoms with Crippen LogP contribution in [0, 0.1) is 0 Å². The molecule has 8 heteroatoms. The molecule has 2 aromatic carbocycles. The predicted molar refractivity (Wildman–Crippen MR) is 118 cm³/mol. The van der Waals surface area contributed by atoms with Crippen LogP contribution in [0.1, 0.15) is 30.8 Å². The van der Waals surface area contributed by atoms with Crippen LogP contribution in [-0.4, -0.2) is 42.5 Å². The summed E-state index contributed by atoms with van der Waals surface area (Å²) in [6, 6.07) is 17.8. The van der Waals surface area contributed by atoms with Gasteiger partial charge in [-0.05, 0) is 17.7 Å². The molecule has 7 nitrogen and oxygen atoms in total. The van der Waals surface area contributed by atoms with Crippen molar-refractivity contribution in [3.05, 3.63) is 66.0 Å². The molecule has 1 atom stereocenters. The number of hydrogen-bond donors (Lipinski definition) is 0. The van der Waals surface area contributed by atoms with Crippen LogP contribution >= 0.6 is 11.8 Å². The van der Waals surface area contributed by atoms with Crippen LogP contribution < -0.4 is 0 Å². The van der Waals surface area contributed by atoms with E-state index in [-0.39, 0.29) is 17.7 Å². The van der Waals surface area contributed by atoms with Gasteiger partial charge in [-0.15, -0.1) is 5.10 Å². The fourth-order valence-electron chi connectivity index (χ4n) is 3.61. The Kier molecular flexibility index (Phi) is 4.92. The number of fused-ring (bicyclic) bond motifs is 3. The van der Waals surface area contributed by atoms with Gasteiger partial charge in [-0.3, -0.25) is 4.79 Å². The van der Waals surface area contributed by atoms with Crippen molar-refractivity contribution in [3.63, 3.8) is 0 Å². The lowest BCUT2D eigenvalue weighted by Crippen LogP contribution is -2.28. The van der Waals surface area contributed by atoms with Crippen molar-refractivity contribution in [3.8, 4) is 0 Å². The zero-order chi connectivity index (χ0) is 20.5. The fourth-order valence-corrected chi connectivity index (χ4v) is 4.41. The first-order chi connectivity index (χ1) is 14.7. The number of hydrogen-bond acceptors (Lipinski definition) is 6. The summed E-state index contributed by atoms with van der Waals surface area (Å²) in [5, 5.41) is 12.1. The Morgan fingerprint density at radius 2 is 1.90 bits per heavy atom. The quantitative estimate of drug-likeness (QED) is 0.364. The number of thioether (sulfide) groups is 1. The Bertz CT molecular complexity index is 1250. The van der Waals surface area contributed by atoms with E-state index in [1.807, 2.05) is 61.5 Å². The summed E-state index contributed by atoms with van der Waals surface area (Å²) in [6.07, 6.45) is 3.26. The third-order valence-electron chi connectivity index (χ3n) is 5.10. The third-order valence-corrected chi connectivity index (χ3v) is 6.02. The van der Waals surface area contributed by atoms with Crippen molar-refractivity contribution in [1.29, 1.82) is 0 Å². The zero-order valence-electron chi connectivity index (χ0n) is 16.5. The number of aryl methyl sites for hydroxylation is 1. The first-order valence-electron chi connectivity index (χ1n) is 9.91. The van der Waals surface area contributed by atoms with Crippen molar-refractivity contribution in [2.75, 3.05) is 5.75 Å². The molecular weight excluding hydrogens is 396 g/mol. The number of nitrogens with zero attached hydrogens (tertiary/aromatic N) is 6. The number of carbonyl (C=O) groups is 1. The van der Waals surface area contributed by atoms with Crippen molar-refractivity contribution >= 4 is 40.4 Å². The number of rotatable bonds is 5. The molecule has 5 rings (SSSR count). The third kappa shape index (κ3) is 3.33. The van der Waals surface area contributed by atoms with Gasteiger partial charge in [-0.25, -0.2) is 15.0 Å². The van der Waals surface area contributed by atoms with Gasteiger partial charge in [0.05, 0.1) is 17.3 Å². The second-order valence-electron chi connectivity index (χ2n) is 7.02. The first-order valence-corrected chi connectivity index (χ1v) is 10.9. The lowest BCUT2D eigenvalue weighted by molar-refractivity contribution is -0.130. The van der Waals surface area contributed by atoms with E-state index in [4.69, 9.17) is 4.98 Å². The summed E-state index contributed by atoms with van der Waals surface area (Å²) in [5.41, 5.74) is 2.70. The second-order valence-corrected chi connectivity index (χ2v) is 7.96. The summed E-state index contributed by atoms with van der Waals surface area (Å²) in [7, 11) is 0. The van der Waals surface area contributed by atoms with E-state index in [1.165, 1.54) is 11.8 Å². The summed E-state index contributed by atoms with van der Waals surface area (Å²) < 4.78 is 1.75. The number of hydrazone groups is 1. The lowest BCUT2D eigenvalue weighted by atomic mass is 10.0. The Balaban J connectivity index is 1.42. The van der Waals surface area contributed by atoms with Gasteiger partial charge >= 0.3 is 0 Å². The van der Waals surface area contributed by atoms with E-state index < -0.39 is 0 Å². The van der Waals surface area contributed by atoms with E-state index in [1.54, 1.807) is 15.7 Å². The van der Waals surface area contributed by atoms with Gasteiger partial charge in [0.25, 0.3) is 5.91 Å². The minimum absolute atomic E-state index is 0.0538. The van der Waals surface area contributed by atoms with Gasteiger partial charge in [-0.2, -0.15) is 9.62 Å². The zero-order valence-corrected chi connectivity index (χ0v) is 17.3. The molecule has 0 unspecified atom stereocenters. The molecule has 1 amide bonds. The molecule has 0 N–H and O–H groups in total. The van der Waals surface area contributed by atoms with E-state index in [2.05, 4.69) is 15.2 Å². The van der Waals surface area contributed by atoms with E-state index in [0.29, 0.717) is 5.16 Å². The Labute approximate surface area is 177 Å². The van der Waals surface area contributed by atoms with E-state index in [9.17, 15) is 4.79 Å². The molecule has 1 aliphatic rings. The van der Waals surface area contributed by atoms with Gasteiger partial charge in [0.2, 0.25) is 0 Å². The number of carbonyl (C=O) groups excluding carboxylic acids is 1. The molecule has 0 fully saturated rings. The standard InChI is InChI=1S/C22H20N6OS/c1-2-19-25-21-16-10-6-7-11-17(16)24-22(28(21)26-19)30-14-20(29)27-18(12-13-23-27)15-8-4-3-5-9-15/h3-11,13,18H,2,12,14H2,1H3/t18-/m0/s1. The van der Waals surface area contributed by atoms with Crippen molar-refractivity contribution in [2.24, 2.45) is 5.10 Å². The smallest absolute Gasteiger partial charge is 0.253 e. The highest BCUT2D eigenvalue weighted by Gasteiger charge is 2.28. The molecule has 30 heavy (non-hydrogen) atoms. The molecule has 150 valence electrons. The maximum absolute atomic E-state index is 13.0. The molecule has 0 spiro atoms. The summed E-state index contributed by atoms with van der Waals surface area (Å²) >= 11 is 1.37. The van der Waals surface area contributed by atoms with Crippen LogP contribution in [0.15, 0.2) is 64.9 Å². The van der Waals surface area contributed by atoms with Gasteiger partial charge in [0.1, 0.15) is 0 Å². The molecular formula is C22H20N6OS. The lowest BCUT2D eigenvalue weighted by Gasteiger charge is -2.22. The SMILES string of the molecule is CCc1nc2c3ccccc3nc(SCC(=O)N3N=CC[C@H]3c3ccccc3)n2n1. The highest BCUT2D eigenvalue weighted by Crippen LogP contribution is 2.30. The monoisotopic (exact) mass is 416 g/mol. The Morgan fingerprint density at radius 3 is 2.73 bits per heavy atom. The molecule has 1 aliphatic heterocycles. The summed E-state index contributed by atoms with van der Waals surface area (Å²) in [4.78, 5) is 22.4. The molecule has 0 bridgehead atoms. The van der Waals surface area contributed by atoms with Crippen LogP contribution in [0.25, 0.3) is 16.6 Å². The highest BCUT2D eigenvalue weighted by molar-refractivity contribution is 7.99. The van der Waals surface area contributed by atoms with Gasteiger partial charge in [0, 0.05) is 24.4 Å². The fraction of sp³-hybridized carbons (Fsp3) is 0.227. The average Bonchev–Trinajstić information content (AvgIpc) is 3.45. The van der Waals surface area contributed by atoms with Crippen molar-refractivity contribution in [1.82, 2.24) is 24.6 Å². The van der Waals surface area contributed by atoms with Crippen LogP contribution in [0.2, 0.25) is 0 Å². The maximum atomic E-state index is 13.0. The normalized spacial score (nSPS) is 16.0. The molecule has 2 aromatic heterocycles. The Morgan fingerprint density at radius 1 is 1.10 bits per heavy atom. The van der Waals surface area contributed by atoms with Crippen LogP contribution in [-0.2, 0) is 11.2 Å². The molecule has 4 aromatic rings. The molecule has 3 heterocycles. The number of amides is 1. The van der Waals surface area contributed by atoms with Crippen molar-refractivity contribution < 1.29 is 4.79 Å². The largest absolute Gasteiger partial charge is 0.272 e. The molecule has 0 saturated carbocycles. The summed E-state index contributed by atoms with van der Waals surface area (Å²) in [5.74, 6) is 0.929. The maximum Gasteiger partial charge on any atom is 0.253 e. The number of para-hydroxylation sites is 1. The minimum atomic E-state index is -0.0541. The minimum Gasteiger partial charge on any atom is -0.272 e. The molecule has 0 saturated heterocycles. The highest BCUT2D eigenvalue weighted by atomic mass is 32.2. The Hall–Kier alpha value is -3.26. The summed E-state index contributed by atoms with van der Waals surface area (Å²) in [6.45, 7) is 2.02. The average molecular weight is 417 g/mol. The van der Waals surface area contributed by atoms with Gasteiger partial charge in [-0.1, -0.05) is 61.2 Å². The van der Waals surface area contributed by atoms with Gasteiger partial charge in [0.15, 0.2) is 16.6 Å². The number of aromatic nitrogens is 4. The molecule has 0 radical (unpaired) electrons. The van der Waals surface area contributed by atoms with Crippen molar-refractivity contribution in [2.45, 2.75) is 31.0 Å². The first kappa shape index (κ1) is 18.7. The van der Waals surface area contributed by atoms with Crippen LogP contribution in [0.4, 0.5) is 0 Å². The van der Waals surface area contributed by atoms with E-state index >= 15 is 0 Å². The molecule has 0 aliphatic carbocycles. The number of benzene rings is 2. The van der Waals surface area contributed by atoms with Crippen LogP contribution in [0.5, 0.6) is 0 Å². The second kappa shape index (κ2) is 7.87. The predicted octanol–water partition coefficient (Wildman–Crippen LogP) is 3.89.